The molecule has 0 atom stereocenters. The Balaban J connectivity index is 2.97. The number of rotatable bonds is 6. The molecule has 0 radical (unpaired) electrons. The van der Waals surface area contributed by atoms with E-state index in [0.717, 1.165) is 0 Å². The summed E-state index contributed by atoms with van der Waals surface area (Å²) in [4.78, 5) is 10.4. The number of nitrogens with one attached hydrogen (secondary N) is 1. The average molecular weight is 287 g/mol. The molecule has 0 spiro atoms. The van der Waals surface area contributed by atoms with Gasteiger partial charge in [0.05, 0.1) is 11.0 Å². The van der Waals surface area contributed by atoms with Crippen molar-refractivity contribution in [3.05, 3.63) is 23.8 Å². The zero-order valence-electron chi connectivity index (χ0n) is 11.0. The highest BCUT2D eigenvalue weighted by Crippen LogP contribution is 2.22. The van der Waals surface area contributed by atoms with E-state index in [1.165, 1.54) is 12.1 Å². The number of carbonyl (C=O) groups is 1. The maximum absolute atomic E-state index is 11.8. The summed E-state index contributed by atoms with van der Waals surface area (Å²) >= 11 is 0. The lowest BCUT2D eigenvalue weighted by molar-refractivity contribution is -0.135. The molecular formula is C12H17NO5S. The lowest BCUT2D eigenvalue weighted by atomic mass is 10.2. The van der Waals surface area contributed by atoms with Crippen LogP contribution < -0.4 is 9.46 Å². The van der Waals surface area contributed by atoms with Crippen molar-refractivity contribution >= 4 is 16.0 Å². The molecule has 0 bridgehead atoms. The van der Waals surface area contributed by atoms with Gasteiger partial charge in [0.15, 0.2) is 0 Å². The number of carboxylic acid groups (broad SMARTS) is 1. The van der Waals surface area contributed by atoms with Crippen LogP contribution in [0.2, 0.25) is 0 Å². The Morgan fingerprint density at radius 3 is 2.53 bits per heavy atom. The van der Waals surface area contributed by atoms with Crippen LogP contribution in [0.1, 0.15) is 19.4 Å². The van der Waals surface area contributed by atoms with Crippen LogP contribution in [0.25, 0.3) is 0 Å². The molecule has 0 amide bonds. The first-order valence-corrected chi connectivity index (χ1v) is 7.19. The molecule has 0 saturated carbocycles. The first kappa shape index (κ1) is 15.5. The average Bonchev–Trinajstić information content (AvgIpc) is 2.28. The summed E-state index contributed by atoms with van der Waals surface area (Å²) in [5, 5.41) is 8.47. The van der Waals surface area contributed by atoms with Gasteiger partial charge in [0, 0.05) is 0 Å². The predicted octanol–water partition coefficient (Wildman–Crippen LogP) is 1.15. The van der Waals surface area contributed by atoms with Crippen molar-refractivity contribution in [1.82, 2.24) is 4.72 Å². The number of ether oxygens (including phenoxy) is 1. The molecule has 7 heteroatoms. The van der Waals surface area contributed by atoms with E-state index in [1.54, 1.807) is 13.0 Å². The number of benzene rings is 1. The van der Waals surface area contributed by atoms with Crippen molar-refractivity contribution in [2.24, 2.45) is 0 Å². The van der Waals surface area contributed by atoms with Crippen molar-refractivity contribution in [1.29, 1.82) is 0 Å². The van der Waals surface area contributed by atoms with E-state index >= 15 is 0 Å². The second-order valence-corrected chi connectivity index (χ2v) is 6.08. The van der Waals surface area contributed by atoms with Crippen molar-refractivity contribution in [3.8, 4) is 5.75 Å². The number of hydrogen-bond acceptors (Lipinski definition) is 4. The first-order chi connectivity index (χ1) is 8.72. The minimum atomic E-state index is -3.81. The van der Waals surface area contributed by atoms with Crippen LogP contribution in [0.3, 0.4) is 0 Å². The smallest absolute Gasteiger partial charge is 0.318 e. The molecule has 0 fully saturated rings. The highest BCUT2D eigenvalue weighted by molar-refractivity contribution is 7.89. The summed E-state index contributed by atoms with van der Waals surface area (Å²) in [5.74, 6) is -0.632. The van der Waals surface area contributed by atoms with E-state index in [9.17, 15) is 13.2 Å². The van der Waals surface area contributed by atoms with Crippen LogP contribution in [-0.4, -0.2) is 32.1 Å². The lowest BCUT2D eigenvalue weighted by Crippen LogP contribution is -2.29. The van der Waals surface area contributed by atoms with Gasteiger partial charge in [-0.15, -0.1) is 0 Å². The van der Waals surface area contributed by atoms with Gasteiger partial charge in [-0.3, -0.25) is 4.79 Å². The molecule has 1 rings (SSSR count). The van der Waals surface area contributed by atoms with E-state index in [-0.39, 0.29) is 11.0 Å². The summed E-state index contributed by atoms with van der Waals surface area (Å²) in [6.07, 6.45) is -0.00806. The van der Waals surface area contributed by atoms with Crippen molar-refractivity contribution in [2.75, 3.05) is 6.54 Å². The molecule has 0 heterocycles. The van der Waals surface area contributed by atoms with Crippen LogP contribution in [-0.2, 0) is 14.8 Å². The number of aliphatic carboxylic acids is 1. The fourth-order valence-electron chi connectivity index (χ4n) is 1.42. The number of sulfonamides is 1. The molecule has 0 aliphatic carbocycles. The third-order valence-electron chi connectivity index (χ3n) is 2.23. The largest absolute Gasteiger partial charge is 0.491 e. The fourth-order valence-corrected chi connectivity index (χ4v) is 2.47. The molecule has 106 valence electrons. The first-order valence-electron chi connectivity index (χ1n) is 5.71. The topological polar surface area (TPSA) is 92.7 Å². The quantitative estimate of drug-likeness (QED) is 0.818. The van der Waals surface area contributed by atoms with Gasteiger partial charge in [-0.2, -0.15) is 4.72 Å². The van der Waals surface area contributed by atoms with Gasteiger partial charge in [0.25, 0.3) is 0 Å². The fraction of sp³-hybridized carbons (Fsp3) is 0.417. The molecule has 6 nitrogen and oxygen atoms in total. The molecule has 0 unspecified atom stereocenters. The third kappa shape index (κ3) is 4.53. The van der Waals surface area contributed by atoms with E-state index < -0.39 is 22.5 Å². The second kappa shape index (κ2) is 6.03. The SMILES string of the molecule is Cc1cc(S(=O)(=O)NCC(=O)O)ccc1OC(C)C. The molecule has 0 aliphatic rings. The monoisotopic (exact) mass is 287 g/mol. The number of aryl methyl sites for hydroxylation is 1. The summed E-state index contributed by atoms with van der Waals surface area (Å²) < 4.78 is 31.1. The predicted molar refractivity (Wildman–Crippen MR) is 69.8 cm³/mol. The van der Waals surface area contributed by atoms with Crippen molar-refractivity contribution in [2.45, 2.75) is 31.8 Å². The summed E-state index contributed by atoms with van der Waals surface area (Å²) in [5.41, 5.74) is 0.673. The highest BCUT2D eigenvalue weighted by atomic mass is 32.2. The van der Waals surface area contributed by atoms with Crippen LogP contribution in [0, 0.1) is 6.92 Å². The standard InChI is InChI=1S/C12H17NO5S/c1-8(2)18-11-5-4-10(6-9(11)3)19(16,17)13-7-12(14)15/h4-6,8,13H,7H2,1-3H3,(H,14,15). The Bertz CT molecular complexity index is 565. The molecule has 0 saturated heterocycles. The molecule has 19 heavy (non-hydrogen) atoms. The molecule has 1 aromatic rings. The van der Waals surface area contributed by atoms with Gasteiger partial charge in [-0.05, 0) is 44.5 Å². The molecule has 2 N–H and O–H groups in total. The van der Waals surface area contributed by atoms with Crippen molar-refractivity contribution < 1.29 is 23.1 Å². The molecule has 0 aromatic heterocycles. The Morgan fingerprint density at radius 2 is 2.05 bits per heavy atom. The van der Waals surface area contributed by atoms with E-state index in [4.69, 9.17) is 9.84 Å². The number of hydrogen-bond donors (Lipinski definition) is 2. The van der Waals surface area contributed by atoms with Gasteiger partial charge >= 0.3 is 5.97 Å². The van der Waals surface area contributed by atoms with Gasteiger partial charge in [-0.25, -0.2) is 8.42 Å². The number of carboxylic acids is 1. The Labute approximate surface area is 112 Å². The van der Waals surface area contributed by atoms with E-state index in [0.29, 0.717) is 11.3 Å². The highest BCUT2D eigenvalue weighted by Gasteiger charge is 2.16. The van der Waals surface area contributed by atoms with E-state index in [1.807, 2.05) is 18.6 Å². The van der Waals surface area contributed by atoms with Crippen molar-refractivity contribution in [3.63, 3.8) is 0 Å². The summed E-state index contributed by atoms with van der Waals surface area (Å²) in [6, 6.07) is 4.39. The Morgan fingerprint density at radius 1 is 1.42 bits per heavy atom. The lowest BCUT2D eigenvalue weighted by Gasteiger charge is -2.13. The second-order valence-electron chi connectivity index (χ2n) is 4.31. The maximum Gasteiger partial charge on any atom is 0.318 e. The van der Waals surface area contributed by atoms with Crippen LogP contribution in [0.5, 0.6) is 5.75 Å². The zero-order valence-corrected chi connectivity index (χ0v) is 11.8. The van der Waals surface area contributed by atoms with Crippen LogP contribution >= 0.6 is 0 Å². The normalized spacial score (nSPS) is 11.6. The Hall–Kier alpha value is -1.60. The third-order valence-corrected chi connectivity index (χ3v) is 3.63. The summed E-state index contributed by atoms with van der Waals surface area (Å²) in [6.45, 7) is 4.83. The maximum atomic E-state index is 11.8. The molecule has 0 aliphatic heterocycles. The Kier molecular flexibility index (Phi) is 4.90. The van der Waals surface area contributed by atoms with Gasteiger partial charge in [0.2, 0.25) is 10.0 Å². The molecule has 1 aromatic carbocycles. The summed E-state index contributed by atoms with van der Waals surface area (Å²) in [7, 11) is -3.81. The molecular weight excluding hydrogens is 270 g/mol. The minimum Gasteiger partial charge on any atom is -0.491 e. The van der Waals surface area contributed by atoms with Crippen LogP contribution in [0.4, 0.5) is 0 Å². The van der Waals surface area contributed by atoms with E-state index in [2.05, 4.69) is 0 Å². The van der Waals surface area contributed by atoms with Gasteiger partial charge in [-0.1, -0.05) is 0 Å². The van der Waals surface area contributed by atoms with Gasteiger partial charge < -0.3 is 9.84 Å². The minimum absolute atomic E-state index is 0.00806. The van der Waals surface area contributed by atoms with Gasteiger partial charge in [0.1, 0.15) is 12.3 Å². The van der Waals surface area contributed by atoms with Crippen LogP contribution in [0.15, 0.2) is 23.1 Å². The zero-order chi connectivity index (χ0) is 14.6.